The first-order valence-corrected chi connectivity index (χ1v) is 4.22. The van der Waals surface area contributed by atoms with Crippen LogP contribution >= 0.6 is 8.25 Å². The SMILES string of the molecule is CCCC.CO[PH](=O)O. The lowest BCUT2D eigenvalue weighted by molar-refractivity contribution is 0.343. The molecule has 0 aliphatic carbocycles. The van der Waals surface area contributed by atoms with E-state index in [4.69, 9.17) is 4.89 Å². The van der Waals surface area contributed by atoms with Crippen LogP contribution < -0.4 is 0 Å². The third-order valence-electron chi connectivity index (χ3n) is 0.675. The quantitative estimate of drug-likeness (QED) is 0.617. The Balaban J connectivity index is 0. The van der Waals surface area contributed by atoms with Crippen LogP contribution in [0.4, 0.5) is 0 Å². The first-order valence-electron chi connectivity index (χ1n) is 2.95. The molecule has 0 bridgehead atoms. The van der Waals surface area contributed by atoms with Gasteiger partial charge in [0.15, 0.2) is 0 Å². The lowest BCUT2D eigenvalue weighted by Gasteiger charge is -1.78. The van der Waals surface area contributed by atoms with Gasteiger partial charge in [0.2, 0.25) is 0 Å². The summed E-state index contributed by atoms with van der Waals surface area (Å²) in [5.41, 5.74) is 0. The van der Waals surface area contributed by atoms with E-state index in [2.05, 4.69) is 18.4 Å². The molecule has 0 saturated carbocycles. The van der Waals surface area contributed by atoms with Crippen molar-refractivity contribution in [1.82, 2.24) is 0 Å². The molecule has 0 saturated heterocycles. The highest BCUT2D eigenvalue weighted by Crippen LogP contribution is 2.09. The standard InChI is InChI=1S/C4H10.CH5O3P/c1-3-4-2;1-4-5(2)3/h3-4H2,1-2H3;5H,1H3,(H,2,3). The van der Waals surface area contributed by atoms with E-state index in [1.165, 1.54) is 20.0 Å². The molecule has 0 fully saturated rings. The fraction of sp³-hybridized carbons (Fsp3) is 1.00. The molecule has 4 heteroatoms. The van der Waals surface area contributed by atoms with E-state index in [1.807, 2.05) is 0 Å². The van der Waals surface area contributed by atoms with Crippen LogP contribution in [-0.2, 0) is 9.09 Å². The Morgan fingerprint density at radius 3 is 1.67 bits per heavy atom. The molecule has 0 spiro atoms. The lowest BCUT2D eigenvalue weighted by atomic mass is 10.4. The molecule has 0 heterocycles. The minimum Gasteiger partial charge on any atom is -0.326 e. The minimum absolute atomic E-state index is 1.18. The van der Waals surface area contributed by atoms with Crippen LogP contribution in [0, 0.1) is 0 Å². The van der Waals surface area contributed by atoms with Crippen molar-refractivity contribution in [3.63, 3.8) is 0 Å². The van der Waals surface area contributed by atoms with Gasteiger partial charge >= 0.3 is 8.25 Å². The Morgan fingerprint density at radius 1 is 1.44 bits per heavy atom. The maximum absolute atomic E-state index is 9.33. The van der Waals surface area contributed by atoms with Crippen molar-refractivity contribution in [1.29, 1.82) is 0 Å². The van der Waals surface area contributed by atoms with Crippen molar-refractivity contribution < 1.29 is 14.0 Å². The summed E-state index contributed by atoms with van der Waals surface area (Å²) in [6.45, 7) is 4.36. The summed E-state index contributed by atoms with van der Waals surface area (Å²) >= 11 is 0. The molecule has 1 N–H and O–H groups in total. The highest BCUT2D eigenvalue weighted by atomic mass is 31.1. The van der Waals surface area contributed by atoms with Crippen LogP contribution in [-0.4, -0.2) is 12.0 Å². The van der Waals surface area contributed by atoms with E-state index in [9.17, 15) is 4.57 Å². The van der Waals surface area contributed by atoms with Crippen molar-refractivity contribution in [2.24, 2.45) is 0 Å². The third kappa shape index (κ3) is 31.1. The average molecular weight is 154 g/mol. The van der Waals surface area contributed by atoms with Gasteiger partial charge in [0, 0.05) is 7.11 Å². The van der Waals surface area contributed by atoms with Gasteiger partial charge in [-0.05, 0) is 0 Å². The molecule has 0 aliphatic heterocycles. The summed E-state index contributed by atoms with van der Waals surface area (Å²) < 4.78 is 13.2. The molecular weight excluding hydrogens is 139 g/mol. The molecule has 0 rings (SSSR count). The van der Waals surface area contributed by atoms with Crippen molar-refractivity contribution in [3.05, 3.63) is 0 Å². The fourth-order valence-electron chi connectivity index (χ4n) is 0. The van der Waals surface area contributed by atoms with E-state index in [-0.39, 0.29) is 0 Å². The zero-order valence-electron chi connectivity index (χ0n) is 6.18. The molecule has 9 heavy (non-hydrogen) atoms. The summed E-state index contributed by atoms with van der Waals surface area (Å²) in [6, 6.07) is 0. The molecular formula is C5H15O3P. The summed E-state index contributed by atoms with van der Waals surface area (Å²) in [7, 11) is -1.44. The smallest absolute Gasteiger partial charge is 0.316 e. The fourth-order valence-corrected chi connectivity index (χ4v) is 0. The monoisotopic (exact) mass is 154 g/mol. The lowest BCUT2D eigenvalue weighted by Crippen LogP contribution is -1.57. The van der Waals surface area contributed by atoms with Crippen molar-refractivity contribution in [2.75, 3.05) is 7.11 Å². The van der Waals surface area contributed by atoms with Crippen LogP contribution in [0.25, 0.3) is 0 Å². The molecule has 0 aromatic carbocycles. The zero-order chi connectivity index (χ0) is 7.70. The second-order valence-corrected chi connectivity index (χ2v) is 2.41. The molecule has 0 aliphatic rings. The van der Waals surface area contributed by atoms with Gasteiger partial charge in [-0.1, -0.05) is 26.7 Å². The van der Waals surface area contributed by atoms with E-state index in [0.29, 0.717) is 0 Å². The maximum Gasteiger partial charge on any atom is 0.316 e. The van der Waals surface area contributed by atoms with E-state index < -0.39 is 8.25 Å². The predicted molar refractivity (Wildman–Crippen MR) is 38.8 cm³/mol. The second kappa shape index (κ2) is 11.0. The topological polar surface area (TPSA) is 46.5 Å². The van der Waals surface area contributed by atoms with E-state index >= 15 is 0 Å². The van der Waals surface area contributed by atoms with Crippen LogP contribution in [0.15, 0.2) is 0 Å². The number of unbranched alkanes of at least 4 members (excludes halogenated alkanes) is 1. The normalized spacial score (nSPS) is 11.6. The van der Waals surface area contributed by atoms with Crippen LogP contribution in [0.2, 0.25) is 0 Å². The molecule has 0 amide bonds. The minimum atomic E-state index is -2.62. The largest absolute Gasteiger partial charge is 0.326 e. The Hall–Kier alpha value is 0.150. The molecule has 0 aromatic rings. The van der Waals surface area contributed by atoms with Gasteiger partial charge in [-0.3, -0.25) is 4.57 Å². The number of hydrogen-bond acceptors (Lipinski definition) is 2. The Kier molecular flexibility index (Phi) is 14.6. The Labute approximate surface area is 57.0 Å². The van der Waals surface area contributed by atoms with E-state index in [0.717, 1.165) is 0 Å². The van der Waals surface area contributed by atoms with Gasteiger partial charge in [-0.2, -0.15) is 0 Å². The summed E-state index contributed by atoms with van der Waals surface area (Å²) in [4.78, 5) is 7.69. The van der Waals surface area contributed by atoms with Gasteiger partial charge in [-0.15, -0.1) is 0 Å². The Morgan fingerprint density at radius 2 is 1.67 bits per heavy atom. The summed E-state index contributed by atoms with van der Waals surface area (Å²) in [6.07, 6.45) is 2.64. The Bertz CT molecular complexity index is 63.2. The molecule has 0 radical (unpaired) electrons. The van der Waals surface area contributed by atoms with Crippen molar-refractivity contribution in [3.8, 4) is 0 Å². The molecule has 1 atom stereocenters. The predicted octanol–water partition coefficient (Wildman–Crippen LogP) is 1.82. The average Bonchev–Trinajstić information content (AvgIpc) is 1.89. The first kappa shape index (κ1) is 11.9. The highest BCUT2D eigenvalue weighted by molar-refractivity contribution is 7.32. The summed E-state index contributed by atoms with van der Waals surface area (Å²) in [5, 5.41) is 0. The van der Waals surface area contributed by atoms with Crippen LogP contribution in [0.3, 0.4) is 0 Å². The van der Waals surface area contributed by atoms with Crippen LogP contribution in [0.5, 0.6) is 0 Å². The summed E-state index contributed by atoms with van der Waals surface area (Å²) in [5.74, 6) is 0. The maximum atomic E-state index is 9.33. The van der Waals surface area contributed by atoms with Crippen molar-refractivity contribution in [2.45, 2.75) is 26.7 Å². The van der Waals surface area contributed by atoms with Gasteiger partial charge in [0.1, 0.15) is 0 Å². The van der Waals surface area contributed by atoms with Gasteiger partial charge in [0.05, 0.1) is 0 Å². The van der Waals surface area contributed by atoms with Crippen molar-refractivity contribution >= 4 is 8.25 Å². The third-order valence-corrected chi connectivity index (χ3v) is 1.02. The molecule has 58 valence electrons. The van der Waals surface area contributed by atoms with Gasteiger partial charge in [0.25, 0.3) is 0 Å². The van der Waals surface area contributed by atoms with Gasteiger partial charge in [-0.25, -0.2) is 0 Å². The van der Waals surface area contributed by atoms with Crippen LogP contribution in [0.1, 0.15) is 26.7 Å². The van der Waals surface area contributed by atoms with E-state index in [1.54, 1.807) is 0 Å². The molecule has 1 unspecified atom stereocenters. The van der Waals surface area contributed by atoms with Gasteiger partial charge < -0.3 is 9.42 Å². The molecule has 0 aromatic heterocycles. The highest BCUT2D eigenvalue weighted by Gasteiger charge is 1.74. The second-order valence-electron chi connectivity index (χ2n) is 1.47. The zero-order valence-corrected chi connectivity index (χ0v) is 7.18. The number of hydrogen-bond donors (Lipinski definition) is 1. The number of rotatable bonds is 2. The molecule has 3 nitrogen and oxygen atoms in total. The first-order chi connectivity index (χ1) is 4.18.